The highest BCUT2D eigenvalue weighted by Crippen LogP contribution is 2.32. The van der Waals surface area contributed by atoms with Crippen LogP contribution in [-0.4, -0.2) is 59.7 Å². The number of imidazole rings is 1. The Morgan fingerprint density at radius 1 is 1.31 bits per heavy atom. The SMILES string of the molecule is COc1ccc(C2CN(S(=O)(=O)c3cn(C)cn3)CC2NC(=O)O)cc1. The van der Waals surface area contributed by atoms with E-state index in [0.717, 1.165) is 5.56 Å². The normalized spacial score (nSPS) is 20.8. The van der Waals surface area contributed by atoms with Gasteiger partial charge in [-0.3, -0.25) is 0 Å². The molecule has 140 valence electrons. The second-order valence-corrected chi connectivity index (χ2v) is 8.02. The molecule has 0 saturated carbocycles. The number of ether oxygens (including phenoxy) is 1. The lowest BCUT2D eigenvalue weighted by Crippen LogP contribution is -2.39. The largest absolute Gasteiger partial charge is 0.497 e. The minimum Gasteiger partial charge on any atom is -0.497 e. The first-order chi connectivity index (χ1) is 12.3. The maximum absolute atomic E-state index is 12.8. The molecule has 1 fully saturated rings. The van der Waals surface area contributed by atoms with Gasteiger partial charge in [-0.25, -0.2) is 18.2 Å². The molecule has 1 aromatic carbocycles. The molecule has 0 spiro atoms. The lowest BCUT2D eigenvalue weighted by molar-refractivity contribution is 0.189. The lowest BCUT2D eigenvalue weighted by Gasteiger charge is -2.18. The third kappa shape index (κ3) is 3.51. The molecule has 2 aromatic rings. The number of methoxy groups -OCH3 is 1. The van der Waals surface area contributed by atoms with E-state index in [1.54, 1.807) is 30.9 Å². The van der Waals surface area contributed by atoms with Gasteiger partial charge in [0.25, 0.3) is 10.0 Å². The summed E-state index contributed by atoms with van der Waals surface area (Å²) in [4.78, 5) is 15.1. The maximum Gasteiger partial charge on any atom is 0.404 e. The van der Waals surface area contributed by atoms with Crippen LogP contribution in [-0.2, 0) is 17.1 Å². The van der Waals surface area contributed by atoms with E-state index in [1.165, 1.54) is 16.8 Å². The zero-order valence-corrected chi connectivity index (χ0v) is 15.2. The van der Waals surface area contributed by atoms with Crippen molar-refractivity contribution in [2.45, 2.75) is 17.0 Å². The third-order valence-electron chi connectivity index (χ3n) is 4.42. The van der Waals surface area contributed by atoms with Gasteiger partial charge in [0.05, 0.1) is 19.5 Å². The lowest BCUT2D eigenvalue weighted by atomic mass is 9.94. The van der Waals surface area contributed by atoms with Crippen molar-refractivity contribution >= 4 is 16.1 Å². The van der Waals surface area contributed by atoms with Crippen LogP contribution in [0.1, 0.15) is 11.5 Å². The maximum atomic E-state index is 12.8. The predicted octanol–water partition coefficient (Wildman–Crippen LogP) is 0.853. The van der Waals surface area contributed by atoms with Crippen LogP contribution in [0, 0.1) is 0 Å². The summed E-state index contributed by atoms with van der Waals surface area (Å²) in [6, 6.07) is 6.61. The molecule has 26 heavy (non-hydrogen) atoms. The molecule has 0 bridgehead atoms. The van der Waals surface area contributed by atoms with Crippen LogP contribution in [0.15, 0.2) is 41.8 Å². The molecule has 2 unspecified atom stereocenters. The average Bonchev–Trinajstić information content (AvgIpc) is 3.22. The first-order valence-electron chi connectivity index (χ1n) is 7.93. The number of rotatable bonds is 5. The average molecular weight is 380 g/mol. The molecule has 3 rings (SSSR count). The van der Waals surface area contributed by atoms with Crippen LogP contribution >= 0.6 is 0 Å². The van der Waals surface area contributed by atoms with Crippen molar-refractivity contribution in [3.05, 3.63) is 42.4 Å². The molecule has 1 aliphatic rings. The van der Waals surface area contributed by atoms with Crippen molar-refractivity contribution in [3.8, 4) is 5.75 Å². The first-order valence-corrected chi connectivity index (χ1v) is 9.37. The van der Waals surface area contributed by atoms with Crippen molar-refractivity contribution in [3.63, 3.8) is 0 Å². The number of sulfonamides is 1. The van der Waals surface area contributed by atoms with Gasteiger partial charge >= 0.3 is 6.09 Å². The van der Waals surface area contributed by atoms with Gasteiger partial charge in [-0.1, -0.05) is 12.1 Å². The van der Waals surface area contributed by atoms with Crippen molar-refractivity contribution in [1.82, 2.24) is 19.2 Å². The molecule has 2 atom stereocenters. The summed E-state index contributed by atoms with van der Waals surface area (Å²) < 4.78 is 33.6. The van der Waals surface area contributed by atoms with Crippen molar-refractivity contribution in [1.29, 1.82) is 0 Å². The molecular weight excluding hydrogens is 360 g/mol. The fourth-order valence-corrected chi connectivity index (χ4v) is 4.57. The number of carbonyl (C=O) groups is 1. The van der Waals surface area contributed by atoms with Crippen molar-refractivity contribution < 1.29 is 23.1 Å². The smallest absolute Gasteiger partial charge is 0.404 e. The molecule has 2 N–H and O–H groups in total. The Hall–Kier alpha value is -2.59. The zero-order valence-electron chi connectivity index (χ0n) is 14.4. The summed E-state index contributed by atoms with van der Waals surface area (Å²) in [7, 11) is -0.555. The van der Waals surface area contributed by atoms with Crippen LogP contribution < -0.4 is 10.1 Å². The van der Waals surface area contributed by atoms with E-state index in [2.05, 4.69) is 10.3 Å². The minimum atomic E-state index is -3.80. The number of amides is 1. The van der Waals surface area contributed by atoms with Gasteiger partial charge in [-0.15, -0.1) is 0 Å². The van der Waals surface area contributed by atoms with Crippen molar-refractivity contribution in [2.24, 2.45) is 7.05 Å². The summed E-state index contributed by atoms with van der Waals surface area (Å²) >= 11 is 0. The van der Waals surface area contributed by atoms with Gasteiger partial charge in [-0.05, 0) is 17.7 Å². The summed E-state index contributed by atoms with van der Waals surface area (Å²) in [6.07, 6.45) is 1.65. The second-order valence-electron chi connectivity index (χ2n) is 6.14. The van der Waals surface area contributed by atoms with E-state index in [0.29, 0.717) is 5.75 Å². The van der Waals surface area contributed by atoms with Crippen LogP contribution in [0.4, 0.5) is 4.79 Å². The molecule has 1 aromatic heterocycles. The van der Waals surface area contributed by atoms with E-state index in [-0.39, 0.29) is 24.0 Å². The number of hydrogen-bond acceptors (Lipinski definition) is 5. The number of nitrogens with one attached hydrogen (secondary N) is 1. The van der Waals surface area contributed by atoms with Gasteiger partial charge in [0.15, 0.2) is 5.03 Å². The third-order valence-corrected chi connectivity index (χ3v) is 6.14. The zero-order chi connectivity index (χ0) is 18.9. The molecule has 9 nitrogen and oxygen atoms in total. The number of aryl methyl sites for hydroxylation is 1. The Morgan fingerprint density at radius 2 is 2.00 bits per heavy atom. The van der Waals surface area contributed by atoms with Gasteiger partial charge in [0.1, 0.15) is 5.75 Å². The summed E-state index contributed by atoms with van der Waals surface area (Å²) in [6.45, 7) is 0.206. The van der Waals surface area contributed by atoms with Crippen molar-refractivity contribution in [2.75, 3.05) is 20.2 Å². The molecule has 0 aliphatic carbocycles. The monoisotopic (exact) mass is 380 g/mol. The number of nitrogens with zero attached hydrogens (tertiary/aromatic N) is 3. The Labute approximate surface area is 151 Å². The predicted molar refractivity (Wildman–Crippen MR) is 92.7 cm³/mol. The second kappa shape index (κ2) is 6.96. The van der Waals surface area contributed by atoms with Gasteiger partial charge in [-0.2, -0.15) is 4.31 Å². The van der Waals surface area contributed by atoms with E-state index in [9.17, 15) is 13.2 Å². The van der Waals surface area contributed by atoms with Crippen LogP contribution in [0.25, 0.3) is 0 Å². The first kappa shape index (κ1) is 18.2. The molecular formula is C16H20N4O5S. The van der Waals surface area contributed by atoms with Crippen LogP contribution in [0.3, 0.4) is 0 Å². The Bertz CT molecular complexity index is 894. The fourth-order valence-electron chi connectivity index (χ4n) is 3.11. The topological polar surface area (TPSA) is 114 Å². The molecule has 10 heteroatoms. The van der Waals surface area contributed by atoms with Crippen LogP contribution in [0.5, 0.6) is 5.75 Å². The van der Waals surface area contributed by atoms with E-state index in [1.807, 2.05) is 12.1 Å². The standard InChI is InChI=1S/C16H20N4O5S/c1-19-9-15(17-10-19)26(23,24)20-7-13(14(8-20)18-16(21)22)11-3-5-12(25-2)6-4-11/h3-6,9-10,13-14,18H,7-8H2,1-2H3,(H,21,22). The van der Waals surface area contributed by atoms with Crippen LogP contribution in [0.2, 0.25) is 0 Å². The van der Waals surface area contributed by atoms with Gasteiger partial charge < -0.3 is 19.7 Å². The Morgan fingerprint density at radius 3 is 2.54 bits per heavy atom. The number of carboxylic acid groups (broad SMARTS) is 1. The molecule has 1 saturated heterocycles. The summed E-state index contributed by atoms with van der Waals surface area (Å²) in [5.74, 6) is 0.364. The molecule has 1 aliphatic heterocycles. The number of aromatic nitrogens is 2. The highest BCUT2D eigenvalue weighted by atomic mass is 32.2. The summed E-state index contributed by atoms with van der Waals surface area (Å²) in [5, 5.41) is 11.5. The molecule has 2 heterocycles. The fraction of sp³-hybridized carbons (Fsp3) is 0.375. The van der Waals surface area contributed by atoms with E-state index < -0.39 is 22.2 Å². The van der Waals surface area contributed by atoms with Gasteiger partial charge in [0, 0.05) is 32.3 Å². The number of hydrogen-bond donors (Lipinski definition) is 2. The minimum absolute atomic E-state index is 0.0436. The van der Waals surface area contributed by atoms with E-state index in [4.69, 9.17) is 9.84 Å². The molecule has 0 radical (unpaired) electrons. The molecule has 1 amide bonds. The number of benzene rings is 1. The quantitative estimate of drug-likeness (QED) is 0.795. The highest BCUT2D eigenvalue weighted by molar-refractivity contribution is 7.89. The van der Waals surface area contributed by atoms with Gasteiger partial charge in [0.2, 0.25) is 0 Å². The Kier molecular flexibility index (Phi) is 4.88. The summed E-state index contributed by atoms with van der Waals surface area (Å²) in [5.41, 5.74) is 0.836. The Balaban J connectivity index is 1.89. The highest BCUT2D eigenvalue weighted by Gasteiger charge is 2.41. The van der Waals surface area contributed by atoms with E-state index >= 15 is 0 Å².